The Morgan fingerprint density at radius 3 is 2.64 bits per heavy atom. The molecule has 0 saturated heterocycles. The fourth-order valence-electron chi connectivity index (χ4n) is 1.13. The van der Waals surface area contributed by atoms with E-state index < -0.39 is 5.41 Å². The lowest BCUT2D eigenvalue weighted by Gasteiger charge is -2.25. The first-order chi connectivity index (χ1) is 6.66. The van der Waals surface area contributed by atoms with Crippen LogP contribution in [-0.2, 0) is 5.41 Å². The Morgan fingerprint density at radius 2 is 2.29 bits per heavy atom. The summed E-state index contributed by atoms with van der Waals surface area (Å²) in [5.41, 5.74) is 6.10. The third kappa shape index (κ3) is 2.02. The molecule has 1 rings (SSSR count). The van der Waals surface area contributed by atoms with Gasteiger partial charge in [-0.2, -0.15) is 0 Å². The topological polar surface area (TPSA) is 68.4 Å². The number of pyridine rings is 1. The number of nitrogens with two attached hydrogens (primary N) is 1. The lowest BCUT2D eigenvalue weighted by molar-refractivity contribution is 0.210. The van der Waals surface area contributed by atoms with Crippen LogP contribution in [-0.4, -0.2) is 30.4 Å². The van der Waals surface area contributed by atoms with Gasteiger partial charge < -0.3 is 15.6 Å². The monoisotopic (exact) mass is 196 g/mol. The summed E-state index contributed by atoms with van der Waals surface area (Å²) in [5.74, 6) is 0.561. The van der Waals surface area contributed by atoms with Crippen molar-refractivity contribution in [2.75, 3.05) is 20.3 Å². The molecule has 0 aliphatic carbocycles. The van der Waals surface area contributed by atoms with Crippen molar-refractivity contribution in [2.45, 2.75) is 12.3 Å². The fraction of sp³-hybridized carbons (Fsp3) is 0.500. The van der Waals surface area contributed by atoms with Crippen LogP contribution in [0.15, 0.2) is 18.3 Å². The Morgan fingerprint density at radius 1 is 1.57 bits per heavy atom. The van der Waals surface area contributed by atoms with Crippen LogP contribution in [0.5, 0.6) is 5.88 Å². The van der Waals surface area contributed by atoms with Crippen molar-refractivity contribution in [3.05, 3.63) is 23.9 Å². The van der Waals surface area contributed by atoms with Gasteiger partial charge in [-0.05, 0) is 5.56 Å². The molecule has 1 aromatic rings. The van der Waals surface area contributed by atoms with Crippen molar-refractivity contribution in [1.82, 2.24) is 4.98 Å². The highest BCUT2D eigenvalue weighted by Gasteiger charge is 2.24. The minimum atomic E-state index is -0.417. The number of rotatable bonds is 4. The smallest absolute Gasteiger partial charge is 0.212 e. The van der Waals surface area contributed by atoms with E-state index in [1.807, 2.05) is 13.0 Å². The minimum absolute atomic E-state index is 0.0114. The van der Waals surface area contributed by atoms with Crippen molar-refractivity contribution >= 4 is 0 Å². The van der Waals surface area contributed by atoms with Crippen molar-refractivity contribution < 1.29 is 9.84 Å². The molecule has 78 valence electrons. The van der Waals surface area contributed by atoms with E-state index in [0.717, 1.165) is 5.56 Å². The van der Waals surface area contributed by atoms with E-state index in [9.17, 15) is 5.11 Å². The highest BCUT2D eigenvalue weighted by Crippen LogP contribution is 2.22. The standard InChI is InChI=1S/C10H16N2O2/c1-10(6-11,7-13)8-3-4-9(14-2)12-5-8/h3-5,13H,6-7,11H2,1-2H3. The zero-order valence-corrected chi connectivity index (χ0v) is 8.53. The van der Waals surface area contributed by atoms with Gasteiger partial charge in [0.2, 0.25) is 5.88 Å². The van der Waals surface area contributed by atoms with Crippen LogP contribution in [0, 0.1) is 0 Å². The predicted octanol–water partition coefficient (Wildman–Crippen LogP) is 0.299. The molecule has 1 heterocycles. The maximum atomic E-state index is 9.23. The Bertz CT molecular complexity index is 281. The zero-order valence-electron chi connectivity index (χ0n) is 8.53. The van der Waals surface area contributed by atoms with Crippen molar-refractivity contribution in [3.63, 3.8) is 0 Å². The van der Waals surface area contributed by atoms with Gasteiger partial charge in [-0.1, -0.05) is 13.0 Å². The van der Waals surface area contributed by atoms with Crippen LogP contribution in [0.4, 0.5) is 0 Å². The van der Waals surface area contributed by atoms with Crippen molar-refractivity contribution in [2.24, 2.45) is 5.73 Å². The van der Waals surface area contributed by atoms with Crippen molar-refractivity contribution in [3.8, 4) is 5.88 Å². The second kappa shape index (κ2) is 4.39. The first-order valence-electron chi connectivity index (χ1n) is 4.48. The van der Waals surface area contributed by atoms with Gasteiger partial charge in [0, 0.05) is 24.2 Å². The molecule has 0 aliphatic heterocycles. The lowest BCUT2D eigenvalue weighted by Crippen LogP contribution is -2.35. The average molecular weight is 196 g/mol. The van der Waals surface area contributed by atoms with E-state index in [-0.39, 0.29) is 6.61 Å². The molecule has 14 heavy (non-hydrogen) atoms. The second-order valence-electron chi connectivity index (χ2n) is 3.51. The van der Waals surface area contributed by atoms with E-state index in [1.165, 1.54) is 0 Å². The molecule has 4 nitrogen and oxygen atoms in total. The molecule has 0 bridgehead atoms. The van der Waals surface area contributed by atoms with Gasteiger partial charge >= 0.3 is 0 Å². The van der Waals surface area contributed by atoms with Gasteiger partial charge in [0.1, 0.15) is 0 Å². The van der Waals surface area contributed by atoms with Crippen molar-refractivity contribution in [1.29, 1.82) is 0 Å². The van der Waals surface area contributed by atoms with Gasteiger partial charge in [0.05, 0.1) is 13.7 Å². The summed E-state index contributed by atoms with van der Waals surface area (Å²) in [6.45, 7) is 2.30. The Labute approximate surface area is 83.7 Å². The Balaban J connectivity index is 2.95. The SMILES string of the molecule is COc1ccc(C(C)(CN)CO)cn1. The van der Waals surface area contributed by atoms with Crippen LogP contribution in [0.3, 0.4) is 0 Å². The summed E-state index contributed by atoms with van der Waals surface area (Å²) in [6.07, 6.45) is 1.68. The van der Waals surface area contributed by atoms with Crippen LogP contribution in [0.1, 0.15) is 12.5 Å². The third-order valence-corrected chi connectivity index (χ3v) is 2.44. The highest BCUT2D eigenvalue weighted by atomic mass is 16.5. The van der Waals surface area contributed by atoms with Crippen LogP contribution in [0.25, 0.3) is 0 Å². The highest BCUT2D eigenvalue weighted by molar-refractivity contribution is 5.25. The number of hydrogen-bond acceptors (Lipinski definition) is 4. The number of methoxy groups -OCH3 is 1. The number of ether oxygens (including phenoxy) is 1. The molecule has 0 aromatic carbocycles. The first kappa shape index (κ1) is 10.9. The van der Waals surface area contributed by atoms with Gasteiger partial charge in [0.15, 0.2) is 0 Å². The molecule has 1 aromatic heterocycles. The molecule has 0 fully saturated rings. The quantitative estimate of drug-likeness (QED) is 0.726. The van der Waals surface area contributed by atoms with Gasteiger partial charge in [-0.15, -0.1) is 0 Å². The molecular weight excluding hydrogens is 180 g/mol. The van der Waals surface area contributed by atoms with Crippen LogP contribution >= 0.6 is 0 Å². The average Bonchev–Trinajstić information content (AvgIpc) is 2.28. The number of aliphatic hydroxyl groups excluding tert-OH is 1. The van der Waals surface area contributed by atoms with Gasteiger partial charge in [-0.3, -0.25) is 0 Å². The van der Waals surface area contributed by atoms with E-state index in [1.54, 1.807) is 19.4 Å². The van der Waals surface area contributed by atoms with E-state index >= 15 is 0 Å². The summed E-state index contributed by atoms with van der Waals surface area (Å²) in [5, 5.41) is 9.23. The zero-order chi connectivity index (χ0) is 10.6. The first-order valence-corrected chi connectivity index (χ1v) is 4.48. The minimum Gasteiger partial charge on any atom is -0.481 e. The molecule has 1 atom stereocenters. The number of aliphatic hydroxyl groups is 1. The fourth-order valence-corrected chi connectivity index (χ4v) is 1.13. The van der Waals surface area contributed by atoms with Crippen LogP contribution in [0.2, 0.25) is 0 Å². The molecular formula is C10H16N2O2. The third-order valence-electron chi connectivity index (χ3n) is 2.44. The summed E-state index contributed by atoms with van der Waals surface area (Å²) < 4.78 is 4.94. The number of hydrogen-bond donors (Lipinski definition) is 2. The molecule has 0 aliphatic rings. The summed E-state index contributed by atoms with van der Waals surface area (Å²) in [4.78, 5) is 4.07. The van der Waals surface area contributed by atoms with Gasteiger partial charge in [-0.25, -0.2) is 4.98 Å². The number of aromatic nitrogens is 1. The maximum absolute atomic E-state index is 9.23. The van der Waals surface area contributed by atoms with E-state index in [0.29, 0.717) is 12.4 Å². The Hall–Kier alpha value is -1.13. The maximum Gasteiger partial charge on any atom is 0.212 e. The molecule has 0 spiro atoms. The van der Waals surface area contributed by atoms with E-state index in [4.69, 9.17) is 10.5 Å². The molecule has 1 unspecified atom stereocenters. The molecule has 0 amide bonds. The molecule has 0 saturated carbocycles. The van der Waals surface area contributed by atoms with Crippen LogP contribution < -0.4 is 10.5 Å². The van der Waals surface area contributed by atoms with E-state index in [2.05, 4.69) is 4.98 Å². The number of nitrogens with zero attached hydrogens (tertiary/aromatic N) is 1. The molecule has 0 radical (unpaired) electrons. The summed E-state index contributed by atoms with van der Waals surface area (Å²) >= 11 is 0. The lowest BCUT2D eigenvalue weighted by atomic mass is 9.84. The summed E-state index contributed by atoms with van der Waals surface area (Å²) in [6, 6.07) is 3.63. The molecule has 3 N–H and O–H groups in total. The largest absolute Gasteiger partial charge is 0.481 e. The second-order valence-corrected chi connectivity index (χ2v) is 3.51. The predicted molar refractivity (Wildman–Crippen MR) is 54.3 cm³/mol. The van der Waals surface area contributed by atoms with Gasteiger partial charge in [0.25, 0.3) is 0 Å². The molecule has 4 heteroatoms. The Kier molecular flexibility index (Phi) is 3.43. The normalized spacial score (nSPS) is 14.9. The summed E-state index contributed by atoms with van der Waals surface area (Å²) in [7, 11) is 1.57.